The van der Waals surface area contributed by atoms with Gasteiger partial charge in [0.05, 0.1) is 14.6 Å². The van der Waals surface area contributed by atoms with E-state index < -0.39 is 10.0 Å². The van der Waals surface area contributed by atoms with Gasteiger partial charge in [-0.2, -0.15) is 4.31 Å². The third kappa shape index (κ3) is 4.59. The largest absolute Gasteiger partial charge is 0.298 e. The predicted molar refractivity (Wildman–Crippen MR) is 126 cm³/mol. The van der Waals surface area contributed by atoms with Gasteiger partial charge in [-0.25, -0.2) is 13.4 Å². The Morgan fingerprint density at radius 2 is 1.97 bits per heavy atom. The molecule has 10 heteroatoms. The first-order chi connectivity index (χ1) is 14.8. The number of carbonyl (C=O) groups is 1. The van der Waals surface area contributed by atoms with Crippen molar-refractivity contribution in [3.05, 3.63) is 52.0 Å². The second-order valence-corrected chi connectivity index (χ2v) is 11.2. The van der Waals surface area contributed by atoms with Crippen LogP contribution >= 0.6 is 34.5 Å². The average molecular weight is 498 g/mol. The van der Waals surface area contributed by atoms with Gasteiger partial charge in [-0.3, -0.25) is 10.1 Å². The van der Waals surface area contributed by atoms with Gasteiger partial charge in [0.2, 0.25) is 10.0 Å². The lowest BCUT2D eigenvalue weighted by Crippen LogP contribution is -2.43. The lowest BCUT2D eigenvalue weighted by Gasteiger charge is -2.34. The van der Waals surface area contributed by atoms with E-state index in [1.807, 2.05) is 6.92 Å². The molecule has 2 heterocycles. The van der Waals surface area contributed by atoms with Crippen LogP contribution in [-0.2, 0) is 10.0 Å². The zero-order chi connectivity index (χ0) is 22.2. The van der Waals surface area contributed by atoms with Crippen LogP contribution in [0.25, 0.3) is 10.2 Å². The van der Waals surface area contributed by atoms with Crippen LogP contribution in [0.1, 0.15) is 43.0 Å². The van der Waals surface area contributed by atoms with Gasteiger partial charge in [-0.05, 0) is 55.7 Å². The van der Waals surface area contributed by atoms with E-state index in [4.69, 9.17) is 23.2 Å². The van der Waals surface area contributed by atoms with E-state index in [-0.39, 0.29) is 16.8 Å². The number of thiazole rings is 1. The van der Waals surface area contributed by atoms with Crippen molar-refractivity contribution < 1.29 is 13.2 Å². The Labute approximate surface area is 195 Å². The highest BCUT2D eigenvalue weighted by atomic mass is 35.5. The number of nitrogens with zero attached hydrogens (tertiary/aromatic N) is 2. The molecule has 4 rings (SSSR count). The van der Waals surface area contributed by atoms with Crippen molar-refractivity contribution in [2.24, 2.45) is 0 Å². The number of sulfonamides is 1. The molecular formula is C21H21Cl2N3O3S2. The molecule has 1 atom stereocenters. The minimum Gasteiger partial charge on any atom is -0.298 e. The SMILES string of the molecule is CCC1CCCCN1S(=O)(=O)c1ccc(C(=O)Nc2nc3c(Cl)cc(Cl)cc3s2)cc1. The molecule has 164 valence electrons. The smallest absolute Gasteiger partial charge is 0.257 e. The highest BCUT2D eigenvalue weighted by molar-refractivity contribution is 7.89. The maximum atomic E-state index is 13.1. The van der Waals surface area contributed by atoms with Gasteiger partial charge < -0.3 is 0 Å². The number of halogens is 2. The summed E-state index contributed by atoms with van der Waals surface area (Å²) < 4.78 is 28.5. The Morgan fingerprint density at radius 1 is 1.23 bits per heavy atom. The summed E-state index contributed by atoms with van der Waals surface area (Å²) in [7, 11) is -3.59. The van der Waals surface area contributed by atoms with Crippen molar-refractivity contribution >= 4 is 65.8 Å². The van der Waals surface area contributed by atoms with E-state index in [0.29, 0.717) is 32.8 Å². The van der Waals surface area contributed by atoms with Crippen molar-refractivity contribution in [3.8, 4) is 0 Å². The third-order valence-electron chi connectivity index (χ3n) is 5.40. The number of aromatic nitrogens is 1. The first-order valence-electron chi connectivity index (χ1n) is 9.98. The molecule has 0 radical (unpaired) electrons. The number of amides is 1. The summed E-state index contributed by atoms with van der Waals surface area (Å²) in [5.41, 5.74) is 0.910. The third-order valence-corrected chi connectivity index (χ3v) is 8.79. The number of benzene rings is 2. The van der Waals surface area contributed by atoms with Gasteiger partial charge in [0.1, 0.15) is 5.52 Å². The van der Waals surface area contributed by atoms with Crippen LogP contribution in [-0.4, -0.2) is 36.2 Å². The molecule has 1 aliphatic heterocycles. The first-order valence-corrected chi connectivity index (χ1v) is 13.0. The maximum absolute atomic E-state index is 13.1. The highest BCUT2D eigenvalue weighted by Crippen LogP contribution is 2.34. The lowest BCUT2D eigenvalue weighted by molar-refractivity contribution is 0.102. The molecule has 0 bridgehead atoms. The molecule has 1 unspecified atom stereocenters. The van der Waals surface area contributed by atoms with E-state index in [0.717, 1.165) is 30.4 Å². The average Bonchev–Trinajstić information content (AvgIpc) is 3.16. The standard InChI is InChI=1S/C21H21Cl2N3O3S2/c1-2-15-5-3-4-10-26(15)31(28,29)16-8-6-13(7-9-16)20(27)25-21-24-19-17(23)11-14(22)12-18(19)30-21/h6-9,11-12,15H,2-5,10H2,1H3,(H,24,25,27). The zero-order valence-electron chi connectivity index (χ0n) is 16.8. The minimum atomic E-state index is -3.59. The zero-order valence-corrected chi connectivity index (χ0v) is 19.9. The predicted octanol–water partition coefficient (Wildman–Crippen LogP) is 5.81. The summed E-state index contributed by atoms with van der Waals surface area (Å²) in [6.07, 6.45) is 3.59. The van der Waals surface area contributed by atoms with Gasteiger partial charge >= 0.3 is 0 Å². The molecule has 0 aliphatic carbocycles. The fourth-order valence-electron chi connectivity index (χ4n) is 3.79. The van der Waals surface area contributed by atoms with Crippen LogP contribution in [0.4, 0.5) is 5.13 Å². The molecule has 1 N–H and O–H groups in total. The minimum absolute atomic E-state index is 0.0288. The summed E-state index contributed by atoms with van der Waals surface area (Å²) in [5, 5.41) is 4.04. The van der Waals surface area contributed by atoms with Crippen molar-refractivity contribution in [2.45, 2.75) is 43.5 Å². The molecule has 0 saturated carbocycles. The number of nitrogens with one attached hydrogen (secondary N) is 1. The molecule has 1 saturated heterocycles. The first kappa shape index (κ1) is 22.5. The van der Waals surface area contributed by atoms with E-state index in [2.05, 4.69) is 10.3 Å². The van der Waals surface area contributed by atoms with Gasteiger partial charge in [0.25, 0.3) is 5.91 Å². The Hall–Kier alpha value is -1.71. The highest BCUT2D eigenvalue weighted by Gasteiger charge is 2.32. The van der Waals surface area contributed by atoms with Crippen LogP contribution in [0, 0.1) is 0 Å². The van der Waals surface area contributed by atoms with E-state index >= 15 is 0 Å². The van der Waals surface area contributed by atoms with E-state index in [9.17, 15) is 13.2 Å². The lowest BCUT2D eigenvalue weighted by atomic mass is 10.0. The maximum Gasteiger partial charge on any atom is 0.257 e. The number of anilines is 1. The topological polar surface area (TPSA) is 79.4 Å². The van der Waals surface area contributed by atoms with Gasteiger partial charge in [-0.15, -0.1) is 0 Å². The number of piperidine rings is 1. The van der Waals surface area contributed by atoms with Crippen LogP contribution in [0.3, 0.4) is 0 Å². The molecule has 31 heavy (non-hydrogen) atoms. The summed E-state index contributed by atoms with van der Waals surface area (Å²) in [5.74, 6) is -0.380. The van der Waals surface area contributed by atoms with Gasteiger partial charge in [-0.1, -0.05) is 47.9 Å². The summed E-state index contributed by atoms with van der Waals surface area (Å²) in [6.45, 7) is 2.54. The van der Waals surface area contributed by atoms with Crippen molar-refractivity contribution in [1.82, 2.24) is 9.29 Å². The van der Waals surface area contributed by atoms with Gasteiger partial charge in [0, 0.05) is 23.2 Å². The number of carbonyl (C=O) groups excluding carboxylic acids is 1. The van der Waals surface area contributed by atoms with Gasteiger partial charge in [0.15, 0.2) is 5.13 Å². The van der Waals surface area contributed by atoms with Crippen molar-refractivity contribution in [3.63, 3.8) is 0 Å². The van der Waals surface area contributed by atoms with Crippen LogP contribution in [0.15, 0.2) is 41.3 Å². The summed E-state index contributed by atoms with van der Waals surface area (Å²) >= 11 is 13.4. The second-order valence-electron chi connectivity index (χ2n) is 7.41. The quantitative estimate of drug-likeness (QED) is 0.482. The molecule has 1 fully saturated rings. The molecule has 1 aromatic heterocycles. The molecule has 1 amide bonds. The normalized spacial score (nSPS) is 17.7. The summed E-state index contributed by atoms with van der Waals surface area (Å²) in [6, 6.07) is 9.37. The molecular weight excluding hydrogens is 477 g/mol. The monoisotopic (exact) mass is 497 g/mol. The molecule has 2 aromatic carbocycles. The Morgan fingerprint density at radius 3 is 2.68 bits per heavy atom. The fraction of sp³-hybridized carbons (Fsp3) is 0.333. The molecule has 3 aromatic rings. The fourth-order valence-corrected chi connectivity index (χ4v) is 7.14. The molecule has 6 nitrogen and oxygen atoms in total. The summed E-state index contributed by atoms with van der Waals surface area (Å²) in [4.78, 5) is 17.2. The van der Waals surface area contributed by atoms with Crippen LogP contribution in [0.2, 0.25) is 10.0 Å². The number of fused-ring (bicyclic) bond motifs is 1. The molecule has 0 spiro atoms. The molecule has 1 aliphatic rings. The van der Waals surface area contributed by atoms with E-state index in [1.165, 1.54) is 35.6 Å². The second kappa shape index (κ2) is 9.03. The van der Waals surface area contributed by atoms with Crippen molar-refractivity contribution in [1.29, 1.82) is 0 Å². The van der Waals surface area contributed by atoms with Crippen molar-refractivity contribution in [2.75, 3.05) is 11.9 Å². The Bertz CT molecular complexity index is 1230. The Balaban J connectivity index is 1.52. The van der Waals surface area contributed by atoms with Crippen LogP contribution in [0.5, 0.6) is 0 Å². The number of rotatable bonds is 5. The number of hydrogen-bond donors (Lipinski definition) is 1. The van der Waals surface area contributed by atoms with E-state index in [1.54, 1.807) is 16.4 Å². The van der Waals surface area contributed by atoms with Crippen LogP contribution < -0.4 is 5.32 Å². The Kier molecular flexibility index (Phi) is 6.55. The number of hydrogen-bond acceptors (Lipinski definition) is 5.